The number of halogens is 1. The molecule has 4 rings (SSSR count). The minimum atomic E-state index is -0.660. The van der Waals surface area contributed by atoms with Gasteiger partial charge in [-0.3, -0.25) is 14.3 Å². The smallest absolute Gasteiger partial charge is 0.284 e. The van der Waals surface area contributed by atoms with Crippen LogP contribution in [-0.4, -0.2) is 53.2 Å². The second-order valence-corrected chi connectivity index (χ2v) is 7.36. The summed E-state index contributed by atoms with van der Waals surface area (Å²) in [4.78, 5) is 34.2. The van der Waals surface area contributed by atoms with Gasteiger partial charge in [-0.25, -0.2) is 14.4 Å². The monoisotopic (exact) mass is 449 g/mol. The van der Waals surface area contributed by atoms with Crippen LogP contribution in [0.3, 0.4) is 0 Å². The van der Waals surface area contributed by atoms with E-state index < -0.39 is 23.3 Å². The fourth-order valence-electron chi connectivity index (χ4n) is 3.08. The minimum Gasteiger partial charge on any atom is -0.394 e. The second kappa shape index (κ2) is 9.09. The molecule has 0 aliphatic rings. The molecule has 1 aromatic carbocycles. The van der Waals surface area contributed by atoms with E-state index >= 15 is 0 Å². The van der Waals surface area contributed by atoms with Crippen LogP contribution in [0.15, 0.2) is 59.9 Å². The van der Waals surface area contributed by atoms with Crippen molar-refractivity contribution in [2.45, 2.75) is 13.0 Å². The first-order chi connectivity index (χ1) is 15.9. The van der Waals surface area contributed by atoms with Crippen LogP contribution in [0.5, 0.6) is 0 Å². The average Bonchev–Trinajstić information content (AvgIpc) is 3.25. The van der Waals surface area contributed by atoms with E-state index in [1.54, 1.807) is 38.4 Å². The molecular formula is C22H20FN7O3. The Labute approximate surface area is 187 Å². The summed E-state index contributed by atoms with van der Waals surface area (Å²) >= 11 is 0. The van der Waals surface area contributed by atoms with Gasteiger partial charge >= 0.3 is 0 Å². The van der Waals surface area contributed by atoms with Crippen molar-refractivity contribution in [3.63, 3.8) is 0 Å². The Morgan fingerprint density at radius 3 is 2.58 bits per heavy atom. The van der Waals surface area contributed by atoms with Crippen molar-refractivity contribution in [2.75, 3.05) is 6.61 Å². The Kier molecular flexibility index (Phi) is 6.05. The number of aromatic nitrogens is 6. The molecule has 168 valence electrons. The third kappa shape index (κ3) is 4.53. The van der Waals surface area contributed by atoms with Gasteiger partial charge in [0.05, 0.1) is 30.3 Å². The lowest BCUT2D eigenvalue weighted by Crippen LogP contribution is -2.39. The number of rotatable bonds is 6. The summed E-state index contributed by atoms with van der Waals surface area (Å²) in [6.07, 6.45) is 5.89. The number of aliphatic hydroxyl groups is 1. The number of benzene rings is 1. The largest absolute Gasteiger partial charge is 0.394 e. The van der Waals surface area contributed by atoms with Gasteiger partial charge in [0.1, 0.15) is 17.1 Å². The molecular weight excluding hydrogens is 429 g/mol. The zero-order valence-corrected chi connectivity index (χ0v) is 17.8. The molecule has 0 spiro atoms. The number of aliphatic hydroxyl groups excluding tert-OH is 1. The lowest BCUT2D eigenvalue weighted by molar-refractivity contribution is 0.0920. The third-order valence-electron chi connectivity index (χ3n) is 4.81. The van der Waals surface area contributed by atoms with Crippen molar-refractivity contribution >= 4 is 5.91 Å². The van der Waals surface area contributed by atoms with E-state index in [2.05, 4.69) is 25.5 Å². The van der Waals surface area contributed by atoms with Gasteiger partial charge in [0.25, 0.3) is 11.5 Å². The number of nitrogens with one attached hydrogen (secondary N) is 1. The SMILES string of the molecule is C[C@@H](CO)NC(=O)c1cc(-c2cnc(-c3ccccc3F)nc2)nn(-c2cnn(C)c2)c1=O. The summed E-state index contributed by atoms with van der Waals surface area (Å²) in [7, 11) is 1.68. The highest BCUT2D eigenvalue weighted by Gasteiger charge is 2.20. The number of aryl methyl sites for hydroxylation is 1. The van der Waals surface area contributed by atoms with Gasteiger partial charge in [-0.15, -0.1) is 0 Å². The molecule has 3 aromatic heterocycles. The number of hydrogen-bond acceptors (Lipinski definition) is 7. The predicted molar refractivity (Wildman–Crippen MR) is 117 cm³/mol. The standard InChI is InChI=1S/C22H20FN7O3/c1-13(12-31)27-21(32)17-7-19(28-30(22(17)33)15-10-26-29(2)11-15)14-8-24-20(25-9-14)16-5-3-4-6-18(16)23/h3-11,13,31H,12H2,1-2H3,(H,27,32)/t13-/m0/s1. The van der Waals surface area contributed by atoms with E-state index in [4.69, 9.17) is 0 Å². The van der Waals surface area contributed by atoms with Crippen molar-refractivity contribution in [3.8, 4) is 28.3 Å². The van der Waals surface area contributed by atoms with Crippen LogP contribution in [0.1, 0.15) is 17.3 Å². The lowest BCUT2D eigenvalue weighted by atomic mass is 10.1. The first-order valence-corrected chi connectivity index (χ1v) is 10.00. The molecule has 4 aromatic rings. The maximum Gasteiger partial charge on any atom is 0.284 e. The maximum atomic E-state index is 14.1. The summed E-state index contributed by atoms with van der Waals surface area (Å²) in [5.41, 5.74) is 0.436. The lowest BCUT2D eigenvalue weighted by Gasteiger charge is -2.13. The molecule has 0 saturated carbocycles. The van der Waals surface area contributed by atoms with Crippen molar-refractivity contribution in [2.24, 2.45) is 7.05 Å². The fourth-order valence-corrected chi connectivity index (χ4v) is 3.08. The summed E-state index contributed by atoms with van der Waals surface area (Å²) in [5, 5.41) is 20.2. The normalized spacial score (nSPS) is 11.9. The number of carbonyl (C=O) groups is 1. The second-order valence-electron chi connectivity index (χ2n) is 7.36. The van der Waals surface area contributed by atoms with Gasteiger partial charge in [0, 0.05) is 31.0 Å². The Bertz CT molecular complexity index is 1370. The molecule has 0 radical (unpaired) electrons. The zero-order chi connectivity index (χ0) is 23.5. The molecule has 2 N–H and O–H groups in total. The van der Waals surface area contributed by atoms with E-state index in [1.807, 2.05) is 0 Å². The van der Waals surface area contributed by atoms with Gasteiger partial charge in [-0.2, -0.15) is 14.9 Å². The first-order valence-electron chi connectivity index (χ1n) is 10.00. The molecule has 1 amide bonds. The Morgan fingerprint density at radius 2 is 1.94 bits per heavy atom. The van der Waals surface area contributed by atoms with Crippen LogP contribution in [-0.2, 0) is 7.05 Å². The molecule has 0 fully saturated rings. The summed E-state index contributed by atoms with van der Waals surface area (Å²) in [6.45, 7) is 1.32. The van der Waals surface area contributed by atoms with Gasteiger partial charge in [-0.05, 0) is 25.1 Å². The quantitative estimate of drug-likeness (QED) is 0.455. The Morgan fingerprint density at radius 1 is 1.21 bits per heavy atom. The predicted octanol–water partition coefficient (Wildman–Crippen LogP) is 1.34. The highest BCUT2D eigenvalue weighted by atomic mass is 19.1. The maximum absolute atomic E-state index is 14.1. The summed E-state index contributed by atoms with van der Waals surface area (Å²) < 4.78 is 16.6. The zero-order valence-electron chi connectivity index (χ0n) is 17.8. The molecule has 33 heavy (non-hydrogen) atoms. The molecule has 0 saturated heterocycles. The van der Waals surface area contributed by atoms with Crippen LogP contribution >= 0.6 is 0 Å². The van der Waals surface area contributed by atoms with Gasteiger partial charge < -0.3 is 10.4 Å². The number of carbonyl (C=O) groups excluding carboxylic acids is 1. The average molecular weight is 449 g/mol. The molecule has 0 unspecified atom stereocenters. The van der Waals surface area contributed by atoms with Gasteiger partial charge in [0.2, 0.25) is 0 Å². The van der Waals surface area contributed by atoms with E-state index in [0.717, 1.165) is 4.68 Å². The molecule has 3 heterocycles. The minimum absolute atomic E-state index is 0.178. The third-order valence-corrected chi connectivity index (χ3v) is 4.81. The molecule has 0 aliphatic heterocycles. The first kappa shape index (κ1) is 22.0. The van der Waals surface area contributed by atoms with Crippen molar-refractivity contribution in [1.82, 2.24) is 34.8 Å². The van der Waals surface area contributed by atoms with Crippen molar-refractivity contribution < 1.29 is 14.3 Å². The van der Waals surface area contributed by atoms with Crippen LogP contribution in [0.25, 0.3) is 28.3 Å². The van der Waals surface area contributed by atoms with Crippen molar-refractivity contribution in [3.05, 3.63) is 76.9 Å². The van der Waals surface area contributed by atoms with E-state index in [1.165, 1.54) is 35.4 Å². The highest BCUT2D eigenvalue weighted by molar-refractivity contribution is 5.95. The number of amides is 1. The van der Waals surface area contributed by atoms with E-state index in [9.17, 15) is 19.1 Å². The van der Waals surface area contributed by atoms with Gasteiger partial charge in [0.15, 0.2) is 5.82 Å². The topological polar surface area (TPSA) is 128 Å². The summed E-state index contributed by atoms with van der Waals surface area (Å²) in [5.74, 6) is -0.927. The molecule has 10 nitrogen and oxygen atoms in total. The van der Waals surface area contributed by atoms with E-state index in [-0.39, 0.29) is 29.3 Å². The summed E-state index contributed by atoms with van der Waals surface area (Å²) in [6, 6.07) is 6.91. The number of nitrogens with zero attached hydrogens (tertiary/aromatic N) is 6. The van der Waals surface area contributed by atoms with E-state index in [0.29, 0.717) is 11.3 Å². The van der Waals surface area contributed by atoms with Crippen LogP contribution in [0.4, 0.5) is 4.39 Å². The fraction of sp³-hybridized carbons (Fsp3) is 0.182. The molecule has 11 heteroatoms. The van der Waals surface area contributed by atoms with Crippen molar-refractivity contribution in [1.29, 1.82) is 0 Å². The van der Waals surface area contributed by atoms with Crippen LogP contribution < -0.4 is 10.9 Å². The highest BCUT2D eigenvalue weighted by Crippen LogP contribution is 2.21. The molecule has 0 bridgehead atoms. The van der Waals surface area contributed by atoms with Crippen LogP contribution in [0, 0.1) is 5.82 Å². The molecule has 0 aliphatic carbocycles. The van der Waals surface area contributed by atoms with Gasteiger partial charge in [-0.1, -0.05) is 12.1 Å². The number of hydrogen-bond donors (Lipinski definition) is 2. The Balaban J connectivity index is 1.80. The Hall–Kier alpha value is -4.25. The van der Waals surface area contributed by atoms with Crippen LogP contribution in [0.2, 0.25) is 0 Å². The molecule has 1 atom stereocenters.